The highest BCUT2D eigenvalue weighted by Gasteiger charge is 2.08. The van der Waals surface area contributed by atoms with Gasteiger partial charge in [-0.15, -0.1) is 0 Å². The van der Waals surface area contributed by atoms with Gasteiger partial charge in [-0.2, -0.15) is 0 Å². The summed E-state index contributed by atoms with van der Waals surface area (Å²) in [4.78, 5) is 16.5. The first-order valence-corrected chi connectivity index (χ1v) is 9.08. The Morgan fingerprint density at radius 3 is 2.65 bits per heavy atom. The molecule has 1 aromatic carbocycles. The third kappa shape index (κ3) is 5.09. The van der Waals surface area contributed by atoms with E-state index in [1.165, 1.54) is 31.3 Å². The second kappa shape index (κ2) is 9.04. The van der Waals surface area contributed by atoms with Crippen LogP contribution in [0, 0.1) is 0 Å². The van der Waals surface area contributed by atoms with Gasteiger partial charge in [0.15, 0.2) is 0 Å². The molecule has 0 atom stereocenters. The van der Waals surface area contributed by atoms with E-state index in [2.05, 4.69) is 21.7 Å². The minimum atomic E-state index is -0.0788. The van der Waals surface area contributed by atoms with Gasteiger partial charge < -0.3 is 15.4 Å². The summed E-state index contributed by atoms with van der Waals surface area (Å²) in [5.74, 6) is 1.42. The first-order chi connectivity index (χ1) is 12.7. The Morgan fingerprint density at radius 1 is 1.15 bits per heavy atom. The van der Waals surface area contributed by atoms with Crippen LogP contribution in [0.1, 0.15) is 42.5 Å². The molecule has 5 nitrogen and oxygen atoms in total. The van der Waals surface area contributed by atoms with Gasteiger partial charge in [0.1, 0.15) is 11.6 Å². The predicted molar refractivity (Wildman–Crippen MR) is 104 cm³/mol. The van der Waals surface area contributed by atoms with Gasteiger partial charge in [-0.3, -0.25) is 4.79 Å². The SMILES string of the molecule is COc1ccc(Nc2ccc(C(=O)NCCC3=CCCCC3)cn2)cc1. The van der Waals surface area contributed by atoms with Gasteiger partial charge in [0.05, 0.1) is 12.7 Å². The number of hydrogen-bond acceptors (Lipinski definition) is 4. The van der Waals surface area contributed by atoms with E-state index in [9.17, 15) is 4.79 Å². The lowest BCUT2D eigenvalue weighted by Gasteiger charge is -2.13. The van der Waals surface area contributed by atoms with Crippen molar-refractivity contribution in [3.05, 3.63) is 59.8 Å². The standard InChI is InChI=1S/C21H25N3O2/c1-26-19-10-8-18(9-11-19)24-20-12-7-17(15-23-20)21(25)22-14-13-16-5-3-2-4-6-16/h5,7-12,15H,2-4,6,13-14H2,1H3,(H,22,25)(H,23,24). The van der Waals surface area contributed by atoms with Gasteiger partial charge in [0, 0.05) is 18.4 Å². The average molecular weight is 351 g/mol. The Balaban J connectivity index is 1.49. The summed E-state index contributed by atoms with van der Waals surface area (Å²) in [6, 6.07) is 11.2. The summed E-state index contributed by atoms with van der Waals surface area (Å²) in [7, 11) is 1.64. The Morgan fingerprint density at radius 2 is 2.00 bits per heavy atom. The summed E-state index contributed by atoms with van der Waals surface area (Å²) < 4.78 is 5.14. The number of amides is 1. The molecule has 1 aliphatic carbocycles. The maximum Gasteiger partial charge on any atom is 0.252 e. The topological polar surface area (TPSA) is 63.2 Å². The highest BCUT2D eigenvalue weighted by molar-refractivity contribution is 5.94. The van der Waals surface area contributed by atoms with Crippen molar-refractivity contribution in [3.63, 3.8) is 0 Å². The number of carbonyl (C=O) groups excluding carboxylic acids is 1. The van der Waals surface area contributed by atoms with Crippen LogP contribution in [-0.4, -0.2) is 24.5 Å². The lowest BCUT2D eigenvalue weighted by molar-refractivity contribution is 0.0953. The van der Waals surface area contributed by atoms with Crippen LogP contribution in [0.3, 0.4) is 0 Å². The number of ether oxygens (including phenoxy) is 1. The number of methoxy groups -OCH3 is 1. The number of allylic oxidation sites excluding steroid dienone is 1. The molecule has 136 valence electrons. The van der Waals surface area contributed by atoms with Crippen molar-refractivity contribution in [2.45, 2.75) is 32.1 Å². The van der Waals surface area contributed by atoms with Crippen LogP contribution in [0.2, 0.25) is 0 Å². The molecule has 0 spiro atoms. The molecule has 0 radical (unpaired) electrons. The number of nitrogens with one attached hydrogen (secondary N) is 2. The number of hydrogen-bond donors (Lipinski definition) is 2. The molecule has 0 fully saturated rings. The molecule has 3 rings (SSSR count). The third-order valence-corrected chi connectivity index (χ3v) is 4.50. The highest BCUT2D eigenvalue weighted by atomic mass is 16.5. The maximum absolute atomic E-state index is 12.2. The van der Waals surface area contributed by atoms with Crippen LogP contribution in [0.4, 0.5) is 11.5 Å². The first-order valence-electron chi connectivity index (χ1n) is 9.08. The third-order valence-electron chi connectivity index (χ3n) is 4.50. The number of nitrogens with zero attached hydrogens (tertiary/aromatic N) is 1. The maximum atomic E-state index is 12.2. The molecule has 26 heavy (non-hydrogen) atoms. The Kier molecular flexibility index (Phi) is 6.25. The summed E-state index contributed by atoms with van der Waals surface area (Å²) in [6.07, 6.45) is 9.76. The fourth-order valence-corrected chi connectivity index (χ4v) is 2.99. The van der Waals surface area contributed by atoms with E-state index in [1.54, 1.807) is 19.4 Å². The van der Waals surface area contributed by atoms with Gasteiger partial charge >= 0.3 is 0 Å². The second-order valence-electron chi connectivity index (χ2n) is 6.40. The minimum absolute atomic E-state index is 0.0788. The molecular weight excluding hydrogens is 326 g/mol. The molecule has 5 heteroatoms. The van der Waals surface area contributed by atoms with Crippen molar-refractivity contribution >= 4 is 17.4 Å². The van der Waals surface area contributed by atoms with Gasteiger partial charge in [0.2, 0.25) is 0 Å². The van der Waals surface area contributed by atoms with Crippen molar-refractivity contribution in [2.75, 3.05) is 19.0 Å². The highest BCUT2D eigenvalue weighted by Crippen LogP contribution is 2.20. The number of rotatable bonds is 7. The van der Waals surface area contributed by atoms with E-state index < -0.39 is 0 Å². The van der Waals surface area contributed by atoms with Crippen LogP contribution < -0.4 is 15.4 Å². The van der Waals surface area contributed by atoms with Crippen molar-refractivity contribution in [3.8, 4) is 5.75 Å². The molecule has 1 heterocycles. The smallest absolute Gasteiger partial charge is 0.252 e. The molecule has 2 aromatic rings. The zero-order valence-corrected chi connectivity index (χ0v) is 15.1. The molecule has 0 saturated heterocycles. The summed E-state index contributed by atoms with van der Waals surface area (Å²) in [5.41, 5.74) is 2.95. The predicted octanol–water partition coefficient (Wildman–Crippen LogP) is 4.45. The van der Waals surface area contributed by atoms with E-state index >= 15 is 0 Å². The minimum Gasteiger partial charge on any atom is -0.497 e. The largest absolute Gasteiger partial charge is 0.497 e. The van der Waals surface area contributed by atoms with Crippen molar-refractivity contribution < 1.29 is 9.53 Å². The first kappa shape index (κ1) is 18.0. The molecule has 0 bridgehead atoms. The van der Waals surface area contributed by atoms with E-state index in [0.717, 1.165) is 17.9 Å². The quantitative estimate of drug-likeness (QED) is 0.723. The van der Waals surface area contributed by atoms with E-state index in [-0.39, 0.29) is 5.91 Å². The van der Waals surface area contributed by atoms with Crippen molar-refractivity contribution in [2.24, 2.45) is 0 Å². The average Bonchev–Trinajstić information content (AvgIpc) is 2.70. The normalized spacial score (nSPS) is 13.7. The van der Waals surface area contributed by atoms with Gasteiger partial charge in [0.25, 0.3) is 5.91 Å². The van der Waals surface area contributed by atoms with Crippen molar-refractivity contribution in [1.82, 2.24) is 10.3 Å². The summed E-state index contributed by atoms with van der Waals surface area (Å²) in [5, 5.41) is 6.18. The molecule has 0 saturated carbocycles. The molecule has 2 N–H and O–H groups in total. The fraction of sp³-hybridized carbons (Fsp3) is 0.333. The molecule has 1 amide bonds. The Bertz CT molecular complexity index is 752. The van der Waals surface area contributed by atoms with Crippen LogP contribution in [0.15, 0.2) is 54.2 Å². The van der Waals surface area contributed by atoms with Crippen LogP contribution in [0.5, 0.6) is 5.75 Å². The van der Waals surface area contributed by atoms with E-state index in [1.807, 2.05) is 30.3 Å². The zero-order valence-electron chi connectivity index (χ0n) is 15.1. The van der Waals surface area contributed by atoms with E-state index in [4.69, 9.17) is 4.74 Å². The summed E-state index contributed by atoms with van der Waals surface area (Å²) >= 11 is 0. The molecular formula is C21H25N3O2. The lowest BCUT2D eigenvalue weighted by atomic mass is 9.97. The Hall–Kier alpha value is -2.82. The fourth-order valence-electron chi connectivity index (χ4n) is 2.99. The Labute approximate surface area is 154 Å². The number of carbonyl (C=O) groups is 1. The van der Waals surface area contributed by atoms with Crippen molar-refractivity contribution in [1.29, 1.82) is 0 Å². The van der Waals surface area contributed by atoms with Crippen LogP contribution >= 0.6 is 0 Å². The van der Waals surface area contributed by atoms with Crippen LogP contribution in [-0.2, 0) is 0 Å². The zero-order chi connectivity index (χ0) is 18.2. The number of benzene rings is 1. The lowest BCUT2D eigenvalue weighted by Crippen LogP contribution is -2.25. The molecule has 0 unspecified atom stereocenters. The van der Waals surface area contributed by atoms with Gasteiger partial charge in [-0.25, -0.2) is 4.98 Å². The van der Waals surface area contributed by atoms with Gasteiger partial charge in [-0.05, 0) is 68.5 Å². The number of anilines is 2. The van der Waals surface area contributed by atoms with E-state index in [0.29, 0.717) is 17.9 Å². The molecule has 1 aliphatic rings. The molecule has 0 aliphatic heterocycles. The monoisotopic (exact) mass is 351 g/mol. The number of aromatic nitrogens is 1. The number of pyridine rings is 1. The second-order valence-corrected chi connectivity index (χ2v) is 6.40. The van der Waals surface area contributed by atoms with Crippen LogP contribution in [0.25, 0.3) is 0 Å². The van der Waals surface area contributed by atoms with Gasteiger partial charge in [-0.1, -0.05) is 11.6 Å². The summed E-state index contributed by atoms with van der Waals surface area (Å²) in [6.45, 7) is 0.677. The molecule has 1 aromatic heterocycles.